The Kier molecular flexibility index (Phi) is 5.65. The number of nitrogens with zero attached hydrogens (tertiary/aromatic N) is 8. The van der Waals surface area contributed by atoms with E-state index in [9.17, 15) is 9.59 Å². The number of rotatable bonds is 9. The first-order chi connectivity index (χ1) is 10.6. The van der Waals surface area contributed by atoms with Gasteiger partial charge in [-0.3, -0.25) is 9.59 Å². The highest BCUT2D eigenvalue weighted by Crippen LogP contribution is 2.34. The van der Waals surface area contributed by atoms with Gasteiger partial charge in [-0.2, -0.15) is 0 Å². The van der Waals surface area contributed by atoms with E-state index in [2.05, 4.69) is 31.1 Å². The van der Waals surface area contributed by atoms with Crippen LogP contribution in [-0.2, 0) is 22.7 Å². The number of carboxylic acids is 2. The minimum absolute atomic E-state index is 0.0976. The molecule has 0 saturated carbocycles. The third kappa shape index (κ3) is 4.66. The van der Waals surface area contributed by atoms with Crippen LogP contribution < -0.4 is 0 Å². The largest absolute Gasteiger partial charge is 0.481 e. The predicted octanol–water partition coefficient (Wildman–Crippen LogP) is -0.592. The molecule has 0 radical (unpaired) electrons. The molecule has 0 aromatic carbocycles. The lowest BCUT2D eigenvalue weighted by molar-refractivity contribution is -0.138. The first kappa shape index (κ1) is 16.2. The summed E-state index contributed by atoms with van der Waals surface area (Å²) in [5.74, 6) is -1.89. The lowest BCUT2D eigenvalue weighted by Crippen LogP contribution is -2.08. The van der Waals surface area contributed by atoms with E-state index in [1.54, 1.807) is 0 Å². The van der Waals surface area contributed by atoms with Crippen molar-refractivity contribution in [3.8, 4) is 0 Å². The van der Waals surface area contributed by atoms with E-state index < -0.39 is 11.9 Å². The zero-order valence-corrected chi connectivity index (χ0v) is 12.6. The third-order valence-corrected chi connectivity index (χ3v) is 4.37. The molecule has 2 aromatic heterocycles. The summed E-state index contributed by atoms with van der Waals surface area (Å²) in [5.41, 5.74) is 0. The Balaban J connectivity index is 1.93. The molecule has 2 rings (SSSR count). The van der Waals surface area contributed by atoms with Crippen LogP contribution in [0.2, 0.25) is 0 Å². The second-order valence-corrected chi connectivity index (χ2v) is 5.89. The minimum Gasteiger partial charge on any atom is -0.481 e. The van der Waals surface area contributed by atoms with Crippen molar-refractivity contribution in [2.75, 3.05) is 0 Å². The molecule has 0 amide bonds. The van der Waals surface area contributed by atoms with Crippen LogP contribution in [0.4, 0.5) is 0 Å². The Morgan fingerprint density at radius 2 is 1.27 bits per heavy atom. The number of hydrogen-bond acceptors (Lipinski definition) is 10. The van der Waals surface area contributed by atoms with Crippen LogP contribution >= 0.6 is 21.6 Å². The average Bonchev–Trinajstić information content (AvgIpc) is 3.09. The van der Waals surface area contributed by atoms with Crippen molar-refractivity contribution in [3.63, 3.8) is 0 Å². The Hall–Kier alpha value is -2.22. The van der Waals surface area contributed by atoms with E-state index in [0.29, 0.717) is 10.3 Å². The molecule has 22 heavy (non-hydrogen) atoms. The van der Waals surface area contributed by atoms with Gasteiger partial charge in [0, 0.05) is 0 Å². The van der Waals surface area contributed by atoms with Gasteiger partial charge in [0.2, 0.25) is 10.3 Å². The summed E-state index contributed by atoms with van der Waals surface area (Å²) in [5, 5.41) is 40.0. The molecule has 14 heteroatoms. The molecular formula is C8H10N8O4S2. The summed E-state index contributed by atoms with van der Waals surface area (Å²) in [6, 6.07) is 0. The normalized spacial score (nSPS) is 10.7. The highest BCUT2D eigenvalue weighted by atomic mass is 33.1. The lowest BCUT2D eigenvalue weighted by Gasteiger charge is -2.02. The van der Waals surface area contributed by atoms with Crippen LogP contribution in [0, 0.1) is 0 Å². The van der Waals surface area contributed by atoms with Crippen molar-refractivity contribution in [2.24, 2.45) is 0 Å². The van der Waals surface area contributed by atoms with Crippen molar-refractivity contribution in [3.05, 3.63) is 0 Å². The van der Waals surface area contributed by atoms with Crippen LogP contribution in [0.15, 0.2) is 10.3 Å². The topological polar surface area (TPSA) is 162 Å². The molecule has 0 aliphatic heterocycles. The van der Waals surface area contributed by atoms with Gasteiger partial charge in [0.1, 0.15) is 0 Å². The minimum atomic E-state index is -0.947. The van der Waals surface area contributed by atoms with Gasteiger partial charge < -0.3 is 10.2 Å². The molecule has 0 saturated heterocycles. The molecule has 0 aliphatic carbocycles. The highest BCUT2D eigenvalue weighted by Gasteiger charge is 2.13. The number of carboxylic acid groups (broad SMARTS) is 2. The van der Waals surface area contributed by atoms with Crippen LogP contribution in [0.1, 0.15) is 12.8 Å². The van der Waals surface area contributed by atoms with Crippen LogP contribution in [0.25, 0.3) is 0 Å². The van der Waals surface area contributed by atoms with E-state index in [4.69, 9.17) is 10.2 Å². The van der Waals surface area contributed by atoms with Crippen molar-refractivity contribution >= 4 is 33.5 Å². The van der Waals surface area contributed by atoms with Gasteiger partial charge >= 0.3 is 11.9 Å². The lowest BCUT2D eigenvalue weighted by atomic mass is 10.4. The molecule has 0 unspecified atom stereocenters. The second kappa shape index (κ2) is 7.69. The predicted molar refractivity (Wildman–Crippen MR) is 71.9 cm³/mol. The van der Waals surface area contributed by atoms with Gasteiger partial charge in [-0.1, -0.05) is 0 Å². The number of tetrazole rings is 2. The second-order valence-electron chi connectivity index (χ2n) is 3.82. The fourth-order valence-corrected chi connectivity index (χ4v) is 3.15. The van der Waals surface area contributed by atoms with E-state index >= 15 is 0 Å². The maximum atomic E-state index is 10.6. The van der Waals surface area contributed by atoms with E-state index in [0.717, 1.165) is 21.6 Å². The molecular weight excluding hydrogens is 336 g/mol. The molecule has 0 bridgehead atoms. The van der Waals surface area contributed by atoms with Crippen molar-refractivity contribution in [2.45, 2.75) is 36.2 Å². The van der Waals surface area contributed by atoms with Crippen molar-refractivity contribution in [1.82, 2.24) is 40.4 Å². The summed E-state index contributed by atoms with van der Waals surface area (Å²) in [7, 11) is 2.30. The molecule has 2 heterocycles. The zero-order valence-electron chi connectivity index (χ0n) is 10.9. The first-order valence-corrected chi connectivity index (χ1v) is 8.01. The van der Waals surface area contributed by atoms with Gasteiger partial charge in [-0.25, -0.2) is 9.36 Å². The number of hydrogen-bond donors (Lipinski definition) is 2. The Labute approximate surface area is 130 Å². The van der Waals surface area contributed by atoms with Crippen molar-refractivity contribution < 1.29 is 19.8 Å². The third-order valence-electron chi connectivity index (χ3n) is 2.26. The summed E-state index contributed by atoms with van der Waals surface area (Å²) >= 11 is 0. The summed E-state index contributed by atoms with van der Waals surface area (Å²) in [6.07, 6.45) is -0.195. The first-order valence-electron chi connectivity index (χ1n) is 5.86. The van der Waals surface area contributed by atoms with Crippen LogP contribution in [0.5, 0.6) is 0 Å². The van der Waals surface area contributed by atoms with E-state index in [1.165, 1.54) is 9.36 Å². The maximum Gasteiger partial charge on any atom is 0.305 e. The summed E-state index contributed by atoms with van der Waals surface area (Å²) < 4.78 is 2.72. The quantitative estimate of drug-likeness (QED) is 0.556. The summed E-state index contributed by atoms with van der Waals surface area (Å²) in [4.78, 5) is 21.1. The molecule has 2 aromatic rings. The number of aryl methyl sites for hydroxylation is 2. The van der Waals surface area contributed by atoms with E-state index in [1.807, 2.05) is 0 Å². The molecule has 0 atom stereocenters. The van der Waals surface area contributed by atoms with Crippen LogP contribution in [-0.4, -0.2) is 62.6 Å². The summed E-state index contributed by atoms with van der Waals surface area (Å²) in [6.45, 7) is 0.296. The standard InChI is InChI=1S/C8H10N8O4S2/c17-5(18)1-3-15-7(9-11-13-15)21-22-8-10-12-14-16(8)4-2-6(19)20/h1-4H2,(H,17,18)(H,19,20). The molecule has 0 spiro atoms. The monoisotopic (exact) mass is 346 g/mol. The Morgan fingerprint density at radius 1 is 0.864 bits per heavy atom. The van der Waals surface area contributed by atoms with Gasteiger partial charge in [-0.15, -0.1) is 10.2 Å². The highest BCUT2D eigenvalue weighted by molar-refractivity contribution is 8.76. The zero-order chi connectivity index (χ0) is 15.9. The number of carbonyl (C=O) groups is 2. The molecule has 2 N–H and O–H groups in total. The number of aromatic nitrogens is 8. The Bertz CT molecular complexity index is 602. The fourth-order valence-electron chi connectivity index (χ4n) is 1.27. The average molecular weight is 346 g/mol. The number of aliphatic carboxylic acids is 2. The van der Waals surface area contributed by atoms with E-state index in [-0.39, 0.29) is 25.9 Å². The van der Waals surface area contributed by atoms with Gasteiger partial charge in [-0.05, 0) is 42.4 Å². The molecule has 0 fully saturated rings. The molecule has 12 nitrogen and oxygen atoms in total. The SMILES string of the molecule is O=C(O)CCn1nnnc1SSc1nnnn1CCC(=O)O. The van der Waals surface area contributed by atoms with Crippen LogP contribution in [0.3, 0.4) is 0 Å². The Morgan fingerprint density at radius 3 is 1.64 bits per heavy atom. The smallest absolute Gasteiger partial charge is 0.305 e. The van der Waals surface area contributed by atoms with Gasteiger partial charge in [0.15, 0.2) is 0 Å². The maximum absolute atomic E-state index is 10.6. The fraction of sp³-hybridized carbons (Fsp3) is 0.500. The molecule has 0 aliphatic rings. The van der Waals surface area contributed by atoms with Crippen molar-refractivity contribution in [1.29, 1.82) is 0 Å². The van der Waals surface area contributed by atoms with Gasteiger partial charge in [0.25, 0.3) is 0 Å². The van der Waals surface area contributed by atoms with Gasteiger partial charge in [0.05, 0.1) is 25.9 Å². The molecule has 118 valence electrons.